The Balaban J connectivity index is 1.81. The van der Waals surface area contributed by atoms with Crippen molar-refractivity contribution >= 4 is 40.1 Å². The Morgan fingerprint density at radius 1 is 1.08 bits per heavy atom. The van der Waals surface area contributed by atoms with Crippen LogP contribution in [0.2, 0.25) is 0 Å². The number of para-hydroxylation sites is 1. The van der Waals surface area contributed by atoms with Crippen molar-refractivity contribution in [3.8, 4) is 5.69 Å². The number of aromatic nitrogens is 3. The van der Waals surface area contributed by atoms with E-state index in [1.165, 1.54) is 11.8 Å². The molecule has 0 aliphatic rings. The molecule has 0 amide bonds. The van der Waals surface area contributed by atoms with Crippen LogP contribution in [0.4, 0.5) is 0 Å². The molecule has 2 aromatic carbocycles. The molecule has 3 rings (SSSR count). The summed E-state index contributed by atoms with van der Waals surface area (Å²) < 4.78 is 3.12. The summed E-state index contributed by atoms with van der Waals surface area (Å²) in [6.07, 6.45) is 0. The Morgan fingerprint density at radius 3 is 2.50 bits per heavy atom. The lowest BCUT2D eigenvalue weighted by molar-refractivity contribution is 0.102. The van der Waals surface area contributed by atoms with Gasteiger partial charge in [0.1, 0.15) is 5.82 Å². The molecule has 6 heteroatoms. The first-order valence-electron chi connectivity index (χ1n) is 7.46. The van der Waals surface area contributed by atoms with E-state index in [0.29, 0.717) is 5.75 Å². The normalized spacial score (nSPS) is 10.8. The van der Waals surface area contributed by atoms with Crippen LogP contribution >= 0.6 is 34.4 Å². The lowest BCUT2D eigenvalue weighted by Gasteiger charge is -2.10. The van der Waals surface area contributed by atoms with E-state index in [4.69, 9.17) is 0 Å². The topological polar surface area (TPSA) is 47.8 Å². The third-order valence-corrected chi connectivity index (χ3v) is 5.30. The molecule has 0 fully saturated rings. The first-order valence-corrected chi connectivity index (χ1v) is 9.52. The van der Waals surface area contributed by atoms with E-state index in [-0.39, 0.29) is 5.78 Å². The maximum Gasteiger partial charge on any atom is 0.196 e. The summed E-state index contributed by atoms with van der Waals surface area (Å²) in [7, 11) is 0. The summed E-state index contributed by atoms with van der Waals surface area (Å²) in [5, 5.41) is 9.15. The molecular weight excluding hydrogens is 433 g/mol. The van der Waals surface area contributed by atoms with Crippen molar-refractivity contribution in [1.29, 1.82) is 0 Å². The van der Waals surface area contributed by atoms with Gasteiger partial charge < -0.3 is 0 Å². The minimum atomic E-state index is 0.0911. The Hall–Kier alpha value is -1.67. The van der Waals surface area contributed by atoms with E-state index in [2.05, 4.69) is 45.8 Å². The fourth-order valence-corrected chi connectivity index (χ4v) is 3.62. The zero-order valence-corrected chi connectivity index (χ0v) is 16.3. The van der Waals surface area contributed by atoms with Gasteiger partial charge in [-0.2, -0.15) is 0 Å². The number of benzene rings is 2. The number of Topliss-reactive ketones (excluding diaryl/α,β-unsaturated/α-hetero) is 1. The van der Waals surface area contributed by atoms with Gasteiger partial charge in [0.05, 0.1) is 11.4 Å². The third-order valence-electron chi connectivity index (χ3n) is 3.65. The summed E-state index contributed by atoms with van der Waals surface area (Å²) in [6.45, 7) is 3.98. The Morgan fingerprint density at radius 2 is 1.79 bits per heavy atom. The van der Waals surface area contributed by atoms with Gasteiger partial charge in [0.25, 0.3) is 0 Å². The first-order chi connectivity index (χ1) is 11.6. The molecule has 0 radical (unpaired) electrons. The van der Waals surface area contributed by atoms with Gasteiger partial charge >= 0.3 is 0 Å². The van der Waals surface area contributed by atoms with Gasteiger partial charge in [0, 0.05) is 9.13 Å². The molecule has 0 unspecified atom stereocenters. The van der Waals surface area contributed by atoms with Crippen LogP contribution in [0.25, 0.3) is 5.69 Å². The summed E-state index contributed by atoms with van der Waals surface area (Å²) in [5.74, 6) is 1.24. The highest BCUT2D eigenvalue weighted by molar-refractivity contribution is 14.1. The maximum absolute atomic E-state index is 12.4. The fourth-order valence-electron chi connectivity index (χ4n) is 2.38. The van der Waals surface area contributed by atoms with Crippen LogP contribution in [0.5, 0.6) is 0 Å². The third kappa shape index (κ3) is 3.70. The number of thioether (sulfide) groups is 1. The summed E-state index contributed by atoms with van der Waals surface area (Å²) in [5.41, 5.74) is 2.91. The molecule has 0 N–H and O–H groups in total. The highest BCUT2D eigenvalue weighted by atomic mass is 127. The smallest absolute Gasteiger partial charge is 0.196 e. The quantitative estimate of drug-likeness (QED) is 0.328. The minimum absolute atomic E-state index is 0.0911. The average molecular weight is 449 g/mol. The number of carbonyl (C=O) groups is 1. The molecule has 0 atom stereocenters. The van der Waals surface area contributed by atoms with E-state index in [1.807, 2.05) is 54.0 Å². The van der Waals surface area contributed by atoms with E-state index in [0.717, 1.165) is 31.4 Å². The zero-order valence-electron chi connectivity index (χ0n) is 13.4. The molecule has 122 valence electrons. The predicted octanol–water partition coefficient (Wildman–Crippen LogP) is 4.46. The van der Waals surface area contributed by atoms with Crippen molar-refractivity contribution in [3.63, 3.8) is 0 Å². The van der Waals surface area contributed by atoms with Crippen molar-refractivity contribution in [2.24, 2.45) is 0 Å². The molecule has 4 nitrogen and oxygen atoms in total. The SMILES string of the molecule is Cc1ccccc1-n1c(C)nnc1SCC(=O)c1ccc(I)cc1. The van der Waals surface area contributed by atoms with Gasteiger partial charge in [0.2, 0.25) is 0 Å². The van der Waals surface area contributed by atoms with E-state index in [9.17, 15) is 4.79 Å². The van der Waals surface area contributed by atoms with E-state index in [1.54, 1.807) is 0 Å². The van der Waals surface area contributed by atoms with Gasteiger partial charge in [0.15, 0.2) is 10.9 Å². The number of nitrogens with zero attached hydrogens (tertiary/aromatic N) is 3. The molecule has 0 saturated heterocycles. The molecule has 0 spiro atoms. The Kier molecular flexibility index (Phi) is 5.35. The van der Waals surface area contributed by atoms with Crippen LogP contribution in [0, 0.1) is 17.4 Å². The van der Waals surface area contributed by atoms with Crippen LogP contribution in [-0.4, -0.2) is 26.3 Å². The van der Waals surface area contributed by atoms with Gasteiger partial charge in [-0.1, -0.05) is 42.1 Å². The number of rotatable bonds is 5. The molecule has 0 aliphatic carbocycles. The molecule has 0 saturated carbocycles. The minimum Gasteiger partial charge on any atom is -0.293 e. The highest BCUT2D eigenvalue weighted by Crippen LogP contribution is 2.24. The number of hydrogen-bond donors (Lipinski definition) is 0. The predicted molar refractivity (Wildman–Crippen MR) is 105 cm³/mol. The van der Waals surface area contributed by atoms with Gasteiger partial charge in [-0.3, -0.25) is 9.36 Å². The molecule has 3 aromatic rings. The molecule has 1 heterocycles. The number of ketones is 1. The fraction of sp³-hybridized carbons (Fsp3) is 0.167. The molecule has 0 aliphatic heterocycles. The second kappa shape index (κ2) is 7.48. The lowest BCUT2D eigenvalue weighted by Crippen LogP contribution is -2.05. The number of aryl methyl sites for hydroxylation is 2. The van der Waals surface area contributed by atoms with Crippen LogP contribution < -0.4 is 0 Å². The van der Waals surface area contributed by atoms with Gasteiger partial charge in [-0.25, -0.2) is 0 Å². The average Bonchev–Trinajstić information content (AvgIpc) is 2.94. The van der Waals surface area contributed by atoms with Crippen molar-refractivity contribution in [2.75, 3.05) is 5.75 Å². The van der Waals surface area contributed by atoms with E-state index >= 15 is 0 Å². The van der Waals surface area contributed by atoms with Crippen molar-refractivity contribution < 1.29 is 4.79 Å². The number of carbonyl (C=O) groups excluding carboxylic acids is 1. The summed E-state index contributed by atoms with van der Waals surface area (Å²) in [4.78, 5) is 12.4. The van der Waals surface area contributed by atoms with Crippen LogP contribution in [-0.2, 0) is 0 Å². The van der Waals surface area contributed by atoms with Crippen LogP contribution in [0.15, 0.2) is 53.7 Å². The van der Waals surface area contributed by atoms with Crippen molar-refractivity contribution in [3.05, 3.63) is 69.1 Å². The molecular formula is C18H16IN3OS. The first kappa shape index (κ1) is 17.2. The highest BCUT2D eigenvalue weighted by Gasteiger charge is 2.15. The molecule has 24 heavy (non-hydrogen) atoms. The van der Waals surface area contributed by atoms with E-state index < -0.39 is 0 Å². The van der Waals surface area contributed by atoms with Gasteiger partial charge in [-0.15, -0.1) is 10.2 Å². The van der Waals surface area contributed by atoms with Crippen molar-refractivity contribution in [2.45, 2.75) is 19.0 Å². The summed E-state index contributed by atoms with van der Waals surface area (Å²) in [6, 6.07) is 15.7. The second-order valence-corrected chi connectivity index (χ2v) is 7.56. The maximum atomic E-state index is 12.4. The Labute approximate surface area is 158 Å². The monoisotopic (exact) mass is 449 g/mol. The lowest BCUT2D eigenvalue weighted by atomic mass is 10.2. The number of hydrogen-bond acceptors (Lipinski definition) is 4. The van der Waals surface area contributed by atoms with Crippen molar-refractivity contribution in [1.82, 2.24) is 14.8 Å². The largest absolute Gasteiger partial charge is 0.293 e. The Bertz CT molecular complexity index is 874. The zero-order chi connectivity index (χ0) is 17.1. The van der Waals surface area contributed by atoms with Gasteiger partial charge in [-0.05, 0) is 60.2 Å². The van der Waals surface area contributed by atoms with Crippen LogP contribution in [0.3, 0.4) is 0 Å². The standard InChI is InChI=1S/C18H16IN3OS/c1-12-5-3-4-6-16(12)22-13(2)20-21-18(22)24-11-17(23)14-7-9-15(19)10-8-14/h3-10H,11H2,1-2H3. The second-order valence-electron chi connectivity index (χ2n) is 5.37. The molecule has 1 aromatic heterocycles. The van der Waals surface area contributed by atoms with Crippen LogP contribution in [0.1, 0.15) is 21.7 Å². The molecule has 0 bridgehead atoms. The number of halogens is 1. The summed E-state index contributed by atoms with van der Waals surface area (Å²) >= 11 is 3.65.